The van der Waals surface area contributed by atoms with E-state index >= 15 is 0 Å². The molecule has 0 spiro atoms. The van der Waals surface area contributed by atoms with Gasteiger partial charge in [-0.2, -0.15) is 12.7 Å². The SMILES string of the molecule is CCNC(=O)[C@@H](NC(=O)[C@H](C)NC[C@H](Cc1ccccc1)NC(=O)c1cc(C(=O)N[C@H](C)c2ccccc2)cc(N(C)S(=O)(=O)N2CCOCC2)c1)C(C)C. The second kappa shape index (κ2) is 20.2. The Morgan fingerprint density at radius 3 is 1.96 bits per heavy atom. The monoisotopic (exact) mass is 777 g/mol. The quantitative estimate of drug-likeness (QED) is 0.131. The zero-order valence-electron chi connectivity index (χ0n) is 32.5. The van der Waals surface area contributed by atoms with Crippen molar-refractivity contribution in [2.24, 2.45) is 5.92 Å². The van der Waals surface area contributed by atoms with Gasteiger partial charge in [0.1, 0.15) is 6.04 Å². The van der Waals surface area contributed by atoms with Crippen molar-refractivity contribution in [3.63, 3.8) is 0 Å². The number of nitrogens with one attached hydrogen (secondary N) is 5. The van der Waals surface area contributed by atoms with Crippen molar-refractivity contribution >= 4 is 39.5 Å². The average Bonchev–Trinajstić information content (AvgIpc) is 3.19. The molecule has 0 bridgehead atoms. The molecule has 4 amide bonds. The number of carbonyl (C=O) groups excluding carboxylic acids is 4. The van der Waals surface area contributed by atoms with Crippen molar-refractivity contribution in [2.75, 3.05) is 50.7 Å². The summed E-state index contributed by atoms with van der Waals surface area (Å²) in [6, 6.07) is 20.9. The Morgan fingerprint density at radius 2 is 1.38 bits per heavy atom. The van der Waals surface area contributed by atoms with Gasteiger partial charge in [0.2, 0.25) is 11.8 Å². The van der Waals surface area contributed by atoms with Gasteiger partial charge < -0.3 is 31.3 Å². The third-order valence-corrected chi connectivity index (χ3v) is 11.3. The van der Waals surface area contributed by atoms with E-state index in [1.807, 2.05) is 88.4 Å². The molecule has 1 fully saturated rings. The molecular weight excluding hydrogens is 723 g/mol. The minimum Gasteiger partial charge on any atom is -0.379 e. The van der Waals surface area contributed by atoms with Gasteiger partial charge in [-0.05, 0) is 62.4 Å². The highest BCUT2D eigenvalue weighted by atomic mass is 32.2. The molecular formula is C40H55N7O7S. The fourth-order valence-corrected chi connectivity index (χ4v) is 7.42. The molecule has 1 saturated heterocycles. The average molecular weight is 778 g/mol. The topological polar surface area (TPSA) is 178 Å². The highest BCUT2D eigenvalue weighted by molar-refractivity contribution is 7.90. The largest absolute Gasteiger partial charge is 0.379 e. The van der Waals surface area contributed by atoms with E-state index in [9.17, 15) is 27.6 Å². The molecule has 4 atom stereocenters. The van der Waals surface area contributed by atoms with Crippen molar-refractivity contribution in [1.82, 2.24) is 30.9 Å². The molecule has 0 saturated carbocycles. The second-order valence-electron chi connectivity index (χ2n) is 14.0. The van der Waals surface area contributed by atoms with E-state index in [0.717, 1.165) is 15.4 Å². The van der Waals surface area contributed by atoms with E-state index in [1.54, 1.807) is 6.92 Å². The van der Waals surface area contributed by atoms with Crippen LogP contribution >= 0.6 is 0 Å². The molecule has 3 aromatic carbocycles. The van der Waals surface area contributed by atoms with Crippen LogP contribution in [0.25, 0.3) is 0 Å². The van der Waals surface area contributed by atoms with Gasteiger partial charge in [0.25, 0.3) is 11.8 Å². The van der Waals surface area contributed by atoms with Crippen molar-refractivity contribution in [1.29, 1.82) is 0 Å². The summed E-state index contributed by atoms with van der Waals surface area (Å²) in [6.45, 7) is 10.5. The first kappa shape index (κ1) is 42.9. The predicted molar refractivity (Wildman–Crippen MR) is 213 cm³/mol. The van der Waals surface area contributed by atoms with Gasteiger partial charge in [0.05, 0.1) is 31.0 Å². The van der Waals surface area contributed by atoms with Crippen LogP contribution in [0.1, 0.15) is 72.5 Å². The minimum atomic E-state index is -4.03. The molecule has 1 aliphatic rings. The summed E-state index contributed by atoms with van der Waals surface area (Å²) in [7, 11) is -2.64. The number of hydrogen-bond acceptors (Lipinski definition) is 8. The van der Waals surface area contributed by atoms with Crippen LogP contribution in [0.4, 0.5) is 5.69 Å². The first-order valence-electron chi connectivity index (χ1n) is 18.7. The van der Waals surface area contributed by atoms with Gasteiger partial charge in [-0.15, -0.1) is 0 Å². The van der Waals surface area contributed by atoms with E-state index < -0.39 is 40.1 Å². The molecule has 1 heterocycles. The van der Waals surface area contributed by atoms with E-state index in [2.05, 4.69) is 26.6 Å². The van der Waals surface area contributed by atoms with Gasteiger partial charge in [0, 0.05) is 50.4 Å². The van der Waals surface area contributed by atoms with Crippen LogP contribution in [-0.2, 0) is 31.0 Å². The number of anilines is 1. The summed E-state index contributed by atoms with van der Waals surface area (Å²) in [6.07, 6.45) is 0.397. The lowest BCUT2D eigenvalue weighted by Crippen LogP contribution is -2.55. The Morgan fingerprint density at radius 1 is 0.800 bits per heavy atom. The molecule has 3 aromatic rings. The molecule has 298 valence electrons. The maximum atomic E-state index is 14.1. The van der Waals surface area contributed by atoms with E-state index in [1.165, 1.54) is 29.6 Å². The lowest BCUT2D eigenvalue weighted by atomic mass is 10.0. The van der Waals surface area contributed by atoms with Gasteiger partial charge in [-0.25, -0.2) is 0 Å². The van der Waals surface area contributed by atoms with Crippen LogP contribution in [0, 0.1) is 5.92 Å². The van der Waals surface area contributed by atoms with Gasteiger partial charge in [0.15, 0.2) is 0 Å². The molecule has 1 aliphatic heterocycles. The molecule has 0 radical (unpaired) electrons. The first-order chi connectivity index (χ1) is 26.2. The number of benzene rings is 3. The summed E-state index contributed by atoms with van der Waals surface area (Å²) in [4.78, 5) is 53.7. The molecule has 4 rings (SSSR count). The highest BCUT2D eigenvalue weighted by Crippen LogP contribution is 2.24. The Hall–Kier alpha value is -4.83. The molecule has 5 N–H and O–H groups in total. The van der Waals surface area contributed by atoms with Crippen molar-refractivity contribution < 1.29 is 32.3 Å². The molecule has 0 aromatic heterocycles. The lowest BCUT2D eigenvalue weighted by Gasteiger charge is -2.31. The summed E-state index contributed by atoms with van der Waals surface area (Å²) >= 11 is 0. The smallest absolute Gasteiger partial charge is 0.303 e. The second-order valence-corrected chi connectivity index (χ2v) is 15.9. The van der Waals surface area contributed by atoms with E-state index in [-0.39, 0.29) is 73.4 Å². The van der Waals surface area contributed by atoms with Gasteiger partial charge >= 0.3 is 10.2 Å². The van der Waals surface area contributed by atoms with Crippen molar-refractivity contribution in [3.05, 3.63) is 101 Å². The van der Waals surface area contributed by atoms with Gasteiger partial charge in [-0.3, -0.25) is 23.5 Å². The molecule has 55 heavy (non-hydrogen) atoms. The number of likely N-dealkylation sites (N-methyl/N-ethyl adjacent to an activating group) is 1. The summed E-state index contributed by atoms with van der Waals surface area (Å²) in [5.41, 5.74) is 2.11. The van der Waals surface area contributed by atoms with Crippen molar-refractivity contribution in [3.8, 4) is 0 Å². The van der Waals surface area contributed by atoms with Crippen LogP contribution in [-0.4, -0.2) is 101 Å². The number of carbonyl (C=O) groups is 4. The zero-order valence-corrected chi connectivity index (χ0v) is 33.3. The van der Waals surface area contributed by atoms with Crippen LogP contribution < -0.4 is 30.9 Å². The number of rotatable bonds is 18. The number of amides is 4. The Balaban J connectivity index is 1.61. The van der Waals surface area contributed by atoms with Crippen LogP contribution in [0.5, 0.6) is 0 Å². The highest BCUT2D eigenvalue weighted by Gasteiger charge is 2.31. The number of hydrogen-bond donors (Lipinski definition) is 5. The van der Waals surface area contributed by atoms with E-state index in [4.69, 9.17) is 4.74 Å². The molecule has 0 aliphatic carbocycles. The fraction of sp³-hybridized carbons (Fsp3) is 0.450. The van der Waals surface area contributed by atoms with Crippen LogP contribution in [0.2, 0.25) is 0 Å². The lowest BCUT2D eigenvalue weighted by molar-refractivity contribution is -0.130. The Labute approximate surface area is 324 Å². The number of morpholine rings is 1. The van der Waals surface area contributed by atoms with Gasteiger partial charge in [-0.1, -0.05) is 74.5 Å². The molecule has 14 nitrogen and oxygen atoms in total. The minimum absolute atomic E-state index is 0.0737. The molecule has 0 unspecified atom stereocenters. The fourth-order valence-electron chi connectivity index (χ4n) is 6.09. The van der Waals surface area contributed by atoms with Crippen molar-refractivity contribution in [2.45, 2.75) is 65.2 Å². The third kappa shape index (κ3) is 12.1. The van der Waals surface area contributed by atoms with Crippen LogP contribution in [0.3, 0.4) is 0 Å². The summed E-state index contributed by atoms with van der Waals surface area (Å²) in [5.74, 6) is -1.80. The standard InChI is InChI=1S/C40H55N7O7S/c1-7-41-40(51)36(27(2)3)45-37(48)29(5)42-26-34(22-30-14-10-8-11-15-30)44-39(50)33-23-32(38(49)43-28(4)31-16-12-9-13-17-31)24-35(25-33)46(6)55(52,53)47-18-20-54-21-19-47/h8-17,23-25,27-29,34,36,42H,7,18-22,26H2,1-6H3,(H,41,51)(H,43,49)(H,44,50)(H,45,48)/t28-,29+,34+,36+/m1/s1. The van der Waals surface area contributed by atoms with Crippen LogP contribution in [0.15, 0.2) is 78.9 Å². The normalized spacial score (nSPS) is 15.6. The maximum absolute atomic E-state index is 14.1. The van der Waals surface area contributed by atoms with E-state index in [0.29, 0.717) is 13.0 Å². The first-order valence-corrected chi connectivity index (χ1v) is 20.1. The number of ether oxygens (including phenoxy) is 1. The summed E-state index contributed by atoms with van der Waals surface area (Å²) in [5, 5.41) is 14.8. The number of nitrogens with zero attached hydrogens (tertiary/aromatic N) is 2. The Bertz CT molecular complexity index is 1860. The third-order valence-electron chi connectivity index (χ3n) is 9.42. The Kier molecular flexibility index (Phi) is 15.8. The maximum Gasteiger partial charge on any atom is 0.303 e. The summed E-state index contributed by atoms with van der Waals surface area (Å²) < 4.78 is 35.1. The molecule has 15 heteroatoms. The predicted octanol–water partition coefficient (Wildman–Crippen LogP) is 2.79. The zero-order chi connectivity index (χ0) is 40.1.